The number of carbonyl (C=O) groups is 1. The number of benzene rings is 3. The number of piperazine rings is 1. The van der Waals surface area contributed by atoms with Crippen molar-refractivity contribution in [2.24, 2.45) is 0 Å². The lowest BCUT2D eigenvalue weighted by molar-refractivity contribution is -0.131. The molecule has 0 aromatic heterocycles. The molecule has 0 saturated carbocycles. The summed E-state index contributed by atoms with van der Waals surface area (Å²) in [4.78, 5) is 17.4. The van der Waals surface area contributed by atoms with Gasteiger partial charge in [0, 0.05) is 38.8 Å². The fourth-order valence-electron chi connectivity index (χ4n) is 4.44. The van der Waals surface area contributed by atoms with Gasteiger partial charge in [-0.3, -0.25) is 14.0 Å². The Bertz CT molecular complexity index is 1380. The summed E-state index contributed by atoms with van der Waals surface area (Å²) in [5.74, 6) is 0.483. The largest absolute Gasteiger partial charge is 0.493 e. The van der Waals surface area contributed by atoms with Crippen LogP contribution in [0.1, 0.15) is 11.1 Å². The second-order valence-corrected chi connectivity index (χ2v) is 11.2. The zero-order valence-electron chi connectivity index (χ0n) is 22.6. The van der Waals surface area contributed by atoms with E-state index in [4.69, 9.17) is 9.47 Å². The van der Waals surface area contributed by atoms with E-state index in [2.05, 4.69) is 29.2 Å². The minimum Gasteiger partial charge on any atom is -0.493 e. The Morgan fingerprint density at radius 3 is 2.21 bits per heavy atom. The molecule has 1 saturated heterocycles. The molecule has 0 atom stereocenters. The zero-order chi connectivity index (χ0) is 27.8. The summed E-state index contributed by atoms with van der Waals surface area (Å²) in [7, 11) is -1.14. The van der Waals surface area contributed by atoms with Crippen LogP contribution < -0.4 is 13.8 Å². The summed E-state index contributed by atoms with van der Waals surface area (Å²) in [5, 5.41) is 0. The molecule has 1 fully saturated rings. The van der Waals surface area contributed by atoms with E-state index in [9.17, 15) is 13.2 Å². The Labute approximate surface area is 231 Å². The van der Waals surface area contributed by atoms with Crippen LogP contribution in [0.4, 0.5) is 5.69 Å². The third-order valence-electron chi connectivity index (χ3n) is 6.74. The van der Waals surface area contributed by atoms with E-state index >= 15 is 0 Å². The Morgan fingerprint density at radius 1 is 0.897 bits per heavy atom. The highest BCUT2D eigenvalue weighted by Crippen LogP contribution is 2.32. The van der Waals surface area contributed by atoms with Gasteiger partial charge >= 0.3 is 0 Å². The number of hydrogen-bond donors (Lipinski definition) is 0. The van der Waals surface area contributed by atoms with Crippen LogP contribution in [0.3, 0.4) is 0 Å². The molecule has 0 bridgehead atoms. The zero-order valence-corrected chi connectivity index (χ0v) is 23.4. The van der Waals surface area contributed by atoms with E-state index in [0.717, 1.165) is 30.8 Å². The first-order valence-electron chi connectivity index (χ1n) is 12.8. The number of carbonyl (C=O) groups excluding carboxylic acids is 1. The van der Waals surface area contributed by atoms with Crippen LogP contribution in [0.15, 0.2) is 83.8 Å². The van der Waals surface area contributed by atoms with Crippen LogP contribution >= 0.6 is 0 Å². The molecule has 0 unspecified atom stereocenters. The van der Waals surface area contributed by atoms with Crippen molar-refractivity contribution in [1.29, 1.82) is 0 Å². The standard InChI is InChI=1S/C30H35N3O5S/c1-24-11-13-26(14-12-24)33(39(35,36)27-15-16-28(37-2)29(22-27)38-3)23-30(34)32-20-18-31(19-21-32)17-7-10-25-8-5-4-6-9-25/h4-16,22H,17-21,23H2,1-3H3/b10-7+. The van der Waals surface area contributed by atoms with Crippen molar-refractivity contribution in [3.05, 3.63) is 90.0 Å². The Kier molecular flexibility index (Phi) is 9.27. The van der Waals surface area contributed by atoms with Crippen molar-refractivity contribution in [2.75, 3.05) is 57.8 Å². The number of hydrogen-bond acceptors (Lipinski definition) is 6. The van der Waals surface area contributed by atoms with Crippen molar-refractivity contribution in [3.8, 4) is 11.5 Å². The lowest BCUT2D eigenvalue weighted by Crippen LogP contribution is -2.51. The third kappa shape index (κ3) is 6.99. The predicted molar refractivity (Wildman–Crippen MR) is 154 cm³/mol. The third-order valence-corrected chi connectivity index (χ3v) is 8.51. The molecule has 0 N–H and O–H groups in total. The normalized spacial score (nSPS) is 14.4. The minimum atomic E-state index is -4.08. The average Bonchev–Trinajstić information content (AvgIpc) is 2.96. The molecular formula is C30H35N3O5S. The van der Waals surface area contributed by atoms with Crippen molar-refractivity contribution < 1.29 is 22.7 Å². The summed E-state index contributed by atoms with van der Waals surface area (Å²) in [6, 6.07) is 21.7. The number of methoxy groups -OCH3 is 2. The molecule has 8 nitrogen and oxygen atoms in total. The molecule has 1 aliphatic rings. The van der Waals surface area contributed by atoms with Gasteiger partial charge in [-0.15, -0.1) is 0 Å². The number of sulfonamides is 1. The van der Waals surface area contributed by atoms with E-state index in [-0.39, 0.29) is 17.3 Å². The molecule has 206 valence electrons. The van der Waals surface area contributed by atoms with Gasteiger partial charge in [0.05, 0.1) is 24.8 Å². The van der Waals surface area contributed by atoms with Gasteiger partial charge in [0.2, 0.25) is 5.91 Å². The number of amides is 1. The highest BCUT2D eigenvalue weighted by Gasteiger charge is 2.31. The summed E-state index contributed by atoms with van der Waals surface area (Å²) in [6.45, 7) is 4.94. The molecule has 39 heavy (non-hydrogen) atoms. The van der Waals surface area contributed by atoms with Gasteiger partial charge in [0.15, 0.2) is 11.5 Å². The van der Waals surface area contributed by atoms with Gasteiger partial charge in [-0.25, -0.2) is 8.42 Å². The van der Waals surface area contributed by atoms with Crippen LogP contribution in [-0.2, 0) is 14.8 Å². The number of rotatable bonds is 10. The SMILES string of the molecule is COc1ccc(S(=O)(=O)N(CC(=O)N2CCN(C/C=C/c3ccccc3)CC2)c2ccc(C)cc2)cc1OC. The molecule has 1 aliphatic heterocycles. The van der Waals surface area contributed by atoms with Crippen molar-refractivity contribution in [3.63, 3.8) is 0 Å². The second-order valence-electron chi connectivity index (χ2n) is 9.36. The molecule has 0 spiro atoms. The average molecular weight is 550 g/mol. The van der Waals surface area contributed by atoms with E-state index in [1.807, 2.05) is 37.3 Å². The summed E-state index contributed by atoms with van der Waals surface area (Å²) >= 11 is 0. The molecule has 3 aromatic rings. The maximum absolute atomic E-state index is 13.8. The molecule has 1 heterocycles. The van der Waals surface area contributed by atoms with Crippen molar-refractivity contribution in [2.45, 2.75) is 11.8 Å². The molecule has 3 aromatic carbocycles. The van der Waals surface area contributed by atoms with Crippen LogP contribution in [-0.4, -0.2) is 77.6 Å². The van der Waals surface area contributed by atoms with E-state index in [1.165, 1.54) is 30.7 Å². The summed E-state index contributed by atoms with van der Waals surface area (Å²) in [6.07, 6.45) is 4.22. The topological polar surface area (TPSA) is 79.4 Å². The highest BCUT2D eigenvalue weighted by atomic mass is 32.2. The second kappa shape index (κ2) is 12.8. The monoisotopic (exact) mass is 549 g/mol. The lowest BCUT2D eigenvalue weighted by Gasteiger charge is -2.35. The van der Waals surface area contributed by atoms with Gasteiger partial charge < -0.3 is 14.4 Å². The van der Waals surface area contributed by atoms with Crippen molar-refractivity contribution >= 4 is 27.7 Å². The van der Waals surface area contributed by atoms with Gasteiger partial charge in [0.1, 0.15) is 6.54 Å². The molecular weight excluding hydrogens is 514 g/mol. The quantitative estimate of drug-likeness (QED) is 0.380. The van der Waals surface area contributed by atoms with Crippen LogP contribution in [0.25, 0.3) is 6.08 Å². The summed E-state index contributed by atoms with van der Waals surface area (Å²) in [5.41, 5.74) is 2.57. The fraction of sp³-hybridized carbons (Fsp3) is 0.300. The molecule has 9 heteroatoms. The molecule has 0 radical (unpaired) electrons. The van der Waals surface area contributed by atoms with Gasteiger partial charge in [0.25, 0.3) is 10.0 Å². The summed E-state index contributed by atoms with van der Waals surface area (Å²) < 4.78 is 39.4. The van der Waals surface area contributed by atoms with Crippen molar-refractivity contribution in [1.82, 2.24) is 9.80 Å². The Morgan fingerprint density at radius 2 is 1.56 bits per heavy atom. The van der Waals surface area contributed by atoms with Crippen LogP contribution in [0.5, 0.6) is 11.5 Å². The Balaban J connectivity index is 1.47. The predicted octanol–water partition coefficient (Wildman–Crippen LogP) is 4.07. The maximum atomic E-state index is 13.8. The lowest BCUT2D eigenvalue weighted by atomic mass is 10.2. The Hall–Kier alpha value is -3.82. The first kappa shape index (κ1) is 28.2. The minimum absolute atomic E-state index is 0.0172. The maximum Gasteiger partial charge on any atom is 0.264 e. The fourth-order valence-corrected chi connectivity index (χ4v) is 5.87. The van der Waals surface area contributed by atoms with E-state index in [1.54, 1.807) is 23.1 Å². The number of anilines is 1. The molecule has 1 amide bonds. The number of nitrogens with zero attached hydrogens (tertiary/aromatic N) is 3. The van der Waals surface area contributed by atoms with Gasteiger partial charge in [-0.1, -0.05) is 60.2 Å². The van der Waals surface area contributed by atoms with Gasteiger partial charge in [-0.05, 0) is 36.8 Å². The van der Waals surface area contributed by atoms with E-state index in [0.29, 0.717) is 30.3 Å². The highest BCUT2D eigenvalue weighted by molar-refractivity contribution is 7.92. The van der Waals surface area contributed by atoms with Gasteiger partial charge in [-0.2, -0.15) is 0 Å². The molecule has 0 aliphatic carbocycles. The van der Waals surface area contributed by atoms with Crippen LogP contribution in [0.2, 0.25) is 0 Å². The number of ether oxygens (including phenoxy) is 2. The molecule has 4 rings (SSSR count). The van der Waals surface area contributed by atoms with Crippen LogP contribution in [0, 0.1) is 6.92 Å². The first-order chi connectivity index (χ1) is 18.8. The number of aryl methyl sites for hydroxylation is 1. The van der Waals surface area contributed by atoms with E-state index < -0.39 is 10.0 Å². The smallest absolute Gasteiger partial charge is 0.264 e. The first-order valence-corrected chi connectivity index (χ1v) is 14.3.